The maximum atomic E-state index is 11.3. The smallest absolute Gasteiger partial charge is 0.219 e. The summed E-state index contributed by atoms with van der Waals surface area (Å²) in [7, 11) is 0. The largest absolute Gasteiger partial charge is 0.339 e. The molecule has 0 atom stereocenters. The number of pyridine rings is 1. The molecule has 0 aliphatic carbocycles. The van der Waals surface area contributed by atoms with Gasteiger partial charge in [-0.1, -0.05) is 0 Å². The van der Waals surface area contributed by atoms with Gasteiger partial charge in [0.25, 0.3) is 0 Å². The van der Waals surface area contributed by atoms with Crippen molar-refractivity contribution >= 4 is 5.91 Å². The molecule has 1 aromatic rings. The third kappa shape index (κ3) is 1.76. The number of rotatable bonds is 0. The molecule has 0 aromatic carbocycles. The quantitative estimate of drug-likeness (QED) is 0.619. The number of hydrogen-bond donors (Lipinski definition) is 0. The van der Waals surface area contributed by atoms with Crippen LogP contribution in [-0.2, 0) is 17.8 Å². The molecule has 0 radical (unpaired) electrons. The molecule has 0 N–H and O–H groups in total. The summed E-state index contributed by atoms with van der Waals surface area (Å²) in [5.74, 6) is 0.154. The van der Waals surface area contributed by atoms with Gasteiger partial charge in [-0.15, -0.1) is 0 Å². The van der Waals surface area contributed by atoms with Crippen LogP contribution in [0.1, 0.15) is 24.5 Å². The summed E-state index contributed by atoms with van der Waals surface area (Å²) in [6.45, 7) is 3.21. The van der Waals surface area contributed by atoms with Gasteiger partial charge in [0.1, 0.15) is 0 Å². The Kier molecular flexibility index (Phi) is 2.48. The topological polar surface area (TPSA) is 33.2 Å². The first-order chi connectivity index (χ1) is 6.77. The molecule has 0 fully saturated rings. The fourth-order valence-corrected chi connectivity index (χ4v) is 1.86. The molecule has 1 amide bonds. The van der Waals surface area contributed by atoms with Gasteiger partial charge in [0.2, 0.25) is 5.91 Å². The Balaban J connectivity index is 2.26. The zero-order valence-corrected chi connectivity index (χ0v) is 8.36. The van der Waals surface area contributed by atoms with E-state index >= 15 is 0 Å². The van der Waals surface area contributed by atoms with Crippen LogP contribution in [0.3, 0.4) is 0 Å². The number of nitrogens with zero attached hydrogens (tertiary/aromatic N) is 2. The SMILES string of the molecule is CC(=O)N1CCCc2ccncc2C1. The van der Waals surface area contributed by atoms with Gasteiger partial charge >= 0.3 is 0 Å². The summed E-state index contributed by atoms with van der Waals surface area (Å²) in [4.78, 5) is 17.2. The summed E-state index contributed by atoms with van der Waals surface area (Å²) >= 11 is 0. The van der Waals surface area contributed by atoms with E-state index in [0.717, 1.165) is 25.9 Å². The van der Waals surface area contributed by atoms with Gasteiger partial charge in [0.05, 0.1) is 0 Å². The van der Waals surface area contributed by atoms with Crippen LogP contribution < -0.4 is 0 Å². The Morgan fingerprint density at radius 3 is 3.14 bits per heavy atom. The third-order valence-electron chi connectivity index (χ3n) is 2.69. The van der Waals surface area contributed by atoms with Gasteiger partial charge in [-0.2, -0.15) is 0 Å². The van der Waals surface area contributed by atoms with Gasteiger partial charge < -0.3 is 4.90 Å². The molecule has 0 bridgehead atoms. The van der Waals surface area contributed by atoms with Crippen LogP contribution >= 0.6 is 0 Å². The number of fused-ring (bicyclic) bond motifs is 1. The molecule has 0 saturated carbocycles. The van der Waals surface area contributed by atoms with Gasteiger partial charge in [-0.25, -0.2) is 0 Å². The van der Waals surface area contributed by atoms with E-state index < -0.39 is 0 Å². The van der Waals surface area contributed by atoms with E-state index in [2.05, 4.69) is 11.1 Å². The first kappa shape index (κ1) is 9.19. The van der Waals surface area contributed by atoms with E-state index in [1.54, 1.807) is 6.92 Å². The molecular weight excluding hydrogens is 176 g/mol. The predicted molar refractivity (Wildman–Crippen MR) is 53.6 cm³/mol. The standard InChI is InChI=1S/C11H14N2O/c1-9(14)13-6-2-3-10-4-5-12-7-11(10)8-13/h4-5,7H,2-3,6,8H2,1H3. The second-order valence-electron chi connectivity index (χ2n) is 3.69. The Morgan fingerprint density at radius 1 is 1.50 bits per heavy atom. The molecule has 1 aliphatic rings. The van der Waals surface area contributed by atoms with Crippen molar-refractivity contribution in [2.24, 2.45) is 0 Å². The van der Waals surface area contributed by atoms with Crippen molar-refractivity contribution in [2.75, 3.05) is 6.54 Å². The highest BCUT2D eigenvalue weighted by Crippen LogP contribution is 2.17. The van der Waals surface area contributed by atoms with Crippen LogP contribution in [0.5, 0.6) is 0 Å². The molecule has 3 heteroatoms. The highest BCUT2D eigenvalue weighted by atomic mass is 16.2. The second kappa shape index (κ2) is 3.78. The third-order valence-corrected chi connectivity index (χ3v) is 2.69. The fourth-order valence-electron chi connectivity index (χ4n) is 1.86. The van der Waals surface area contributed by atoms with E-state index in [1.807, 2.05) is 17.3 Å². The lowest BCUT2D eigenvalue weighted by atomic mass is 10.1. The molecule has 3 nitrogen and oxygen atoms in total. The monoisotopic (exact) mass is 190 g/mol. The van der Waals surface area contributed by atoms with Crippen LogP contribution in [0.4, 0.5) is 0 Å². The Hall–Kier alpha value is -1.38. The molecule has 0 saturated heterocycles. The molecule has 2 rings (SSSR count). The number of aryl methyl sites for hydroxylation is 1. The predicted octanol–water partition coefficient (Wildman–Crippen LogP) is 1.38. The zero-order valence-electron chi connectivity index (χ0n) is 8.36. The maximum Gasteiger partial charge on any atom is 0.219 e. The van der Waals surface area contributed by atoms with Crippen molar-refractivity contribution in [1.29, 1.82) is 0 Å². The minimum absolute atomic E-state index is 0.154. The highest BCUT2D eigenvalue weighted by molar-refractivity contribution is 5.73. The van der Waals surface area contributed by atoms with Crippen LogP contribution in [0.15, 0.2) is 18.5 Å². The summed E-state index contributed by atoms with van der Waals surface area (Å²) in [5, 5.41) is 0. The maximum absolute atomic E-state index is 11.3. The summed E-state index contributed by atoms with van der Waals surface area (Å²) in [5.41, 5.74) is 2.53. The van der Waals surface area contributed by atoms with Crippen molar-refractivity contribution in [1.82, 2.24) is 9.88 Å². The van der Waals surface area contributed by atoms with Crippen molar-refractivity contribution in [3.05, 3.63) is 29.6 Å². The molecule has 1 aromatic heterocycles. The molecule has 1 aliphatic heterocycles. The molecule has 14 heavy (non-hydrogen) atoms. The molecule has 74 valence electrons. The van der Waals surface area contributed by atoms with Gasteiger partial charge in [0, 0.05) is 32.4 Å². The number of carbonyl (C=O) groups is 1. The number of hydrogen-bond acceptors (Lipinski definition) is 2. The van der Waals surface area contributed by atoms with E-state index in [-0.39, 0.29) is 5.91 Å². The first-order valence-electron chi connectivity index (χ1n) is 4.94. The molecule has 0 unspecified atom stereocenters. The summed E-state index contributed by atoms with van der Waals surface area (Å²) in [6.07, 6.45) is 5.80. The van der Waals surface area contributed by atoms with Crippen molar-refractivity contribution < 1.29 is 4.79 Å². The van der Waals surface area contributed by atoms with E-state index in [9.17, 15) is 4.79 Å². The van der Waals surface area contributed by atoms with E-state index in [1.165, 1.54) is 11.1 Å². The van der Waals surface area contributed by atoms with Gasteiger partial charge in [-0.3, -0.25) is 9.78 Å². The zero-order chi connectivity index (χ0) is 9.97. The van der Waals surface area contributed by atoms with E-state index in [0.29, 0.717) is 0 Å². The summed E-state index contributed by atoms with van der Waals surface area (Å²) < 4.78 is 0. The lowest BCUT2D eigenvalue weighted by Crippen LogP contribution is -2.28. The minimum Gasteiger partial charge on any atom is -0.339 e. The van der Waals surface area contributed by atoms with E-state index in [4.69, 9.17) is 0 Å². The Morgan fingerprint density at radius 2 is 2.36 bits per heavy atom. The molecule has 0 spiro atoms. The van der Waals surface area contributed by atoms with Crippen LogP contribution in [0.25, 0.3) is 0 Å². The average Bonchev–Trinajstić information content (AvgIpc) is 2.39. The number of carbonyl (C=O) groups excluding carboxylic acids is 1. The lowest BCUT2D eigenvalue weighted by Gasteiger charge is -2.18. The normalized spacial score (nSPS) is 15.9. The number of aromatic nitrogens is 1. The van der Waals surface area contributed by atoms with Crippen LogP contribution in [0.2, 0.25) is 0 Å². The Labute approximate surface area is 83.8 Å². The highest BCUT2D eigenvalue weighted by Gasteiger charge is 2.15. The van der Waals surface area contributed by atoms with Crippen molar-refractivity contribution in [3.63, 3.8) is 0 Å². The number of amides is 1. The summed E-state index contributed by atoms with van der Waals surface area (Å²) in [6, 6.07) is 2.05. The molecule has 2 heterocycles. The van der Waals surface area contributed by atoms with Crippen LogP contribution in [-0.4, -0.2) is 22.3 Å². The Bertz CT molecular complexity index is 349. The first-order valence-corrected chi connectivity index (χ1v) is 4.94. The minimum atomic E-state index is 0.154. The average molecular weight is 190 g/mol. The van der Waals surface area contributed by atoms with Crippen molar-refractivity contribution in [2.45, 2.75) is 26.3 Å². The van der Waals surface area contributed by atoms with Gasteiger partial charge in [-0.05, 0) is 30.0 Å². The fraction of sp³-hybridized carbons (Fsp3) is 0.455. The molecular formula is C11H14N2O. The lowest BCUT2D eigenvalue weighted by molar-refractivity contribution is -0.129. The second-order valence-corrected chi connectivity index (χ2v) is 3.69. The van der Waals surface area contributed by atoms with Crippen LogP contribution in [0, 0.1) is 0 Å². The van der Waals surface area contributed by atoms with Crippen molar-refractivity contribution in [3.8, 4) is 0 Å². The van der Waals surface area contributed by atoms with Gasteiger partial charge in [0.15, 0.2) is 0 Å².